The fraction of sp³-hybridized carbons (Fsp3) is 0.0741. The smallest absolute Gasteiger partial charge is 0.0542 e. The molecule has 18 aromatic carbocycles. The lowest BCUT2D eigenvalue weighted by atomic mass is 9.86. The lowest BCUT2D eigenvalue weighted by molar-refractivity contribution is 0.735. The maximum absolute atomic E-state index is 2.43. The molecule has 0 N–H and O–H groups in total. The van der Waals surface area contributed by atoms with Crippen LogP contribution < -0.4 is 9.80 Å². The van der Waals surface area contributed by atoms with Crippen molar-refractivity contribution >= 4 is 121 Å². The first-order valence-corrected chi connectivity index (χ1v) is 39.6. The molecule has 536 valence electrons. The molecule has 20 rings (SSSR count). The largest absolute Gasteiger partial charge is 0.310 e. The molecule has 0 saturated carbocycles. The molecule has 1 atom stereocenters. The minimum atomic E-state index is 0.487. The molecule has 0 aliphatic heterocycles. The third kappa shape index (κ3) is 12.5. The predicted molar refractivity (Wildman–Crippen MR) is 480 cm³/mol. The van der Waals surface area contributed by atoms with Crippen molar-refractivity contribution in [3.8, 4) is 55.9 Å². The quantitative estimate of drug-likeness (QED) is 0.0845. The van der Waals surface area contributed by atoms with Crippen LogP contribution in [0.2, 0.25) is 0 Å². The molecule has 0 fully saturated rings. The van der Waals surface area contributed by atoms with E-state index in [1.807, 2.05) is 0 Å². The maximum atomic E-state index is 2.43. The van der Waals surface area contributed by atoms with Crippen molar-refractivity contribution in [3.05, 3.63) is 412 Å². The van der Waals surface area contributed by atoms with E-state index in [9.17, 15) is 0 Å². The van der Waals surface area contributed by atoms with Gasteiger partial charge in [-0.25, -0.2) is 0 Å². The zero-order valence-electron chi connectivity index (χ0n) is 63.3. The van der Waals surface area contributed by atoms with Crippen molar-refractivity contribution in [2.75, 3.05) is 9.80 Å². The zero-order valence-corrected chi connectivity index (χ0v) is 63.3. The number of aryl methyl sites for hydroxylation is 1. The van der Waals surface area contributed by atoms with Gasteiger partial charge in [-0.1, -0.05) is 294 Å². The second kappa shape index (κ2) is 30.0. The SMILES string of the molecule is CCC(C)c1ccc2c(c1)c1cc(N(c3ccccc3)c3ccc(-c4c5ccccc5c(-c5ccccc5)c5ccccc45)cc3)ccc1n2-c1ccccc1.CCCCc1ccc2c(c1)c1cc(N(c3ccccc3)c3ccc(-c4c5ccccc5c(-c5ccccc5)c5ccccc45)cc3)ccc1n2-c1ccccc1. The second-order valence-corrected chi connectivity index (χ2v) is 29.6. The molecule has 0 bridgehead atoms. The van der Waals surface area contributed by atoms with Crippen molar-refractivity contribution in [1.82, 2.24) is 9.13 Å². The number of anilines is 6. The van der Waals surface area contributed by atoms with Gasteiger partial charge in [0.15, 0.2) is 0 Å². The van der Waals surface area contributed by atoms with E-state index in [0.29, 0.717) is 5.92 Å². The standard InChI is InChI=1S/2C54H42N2/c1-3-37(2)40-29-33-51-49(35-40)50-36-44(32-34-52(50)56(51)42-21-11-6-12-22-42)55(41-19-9-5-10-20-41)43-30-27-39(28-31-43)54-47-25-15-13-23-45(47)53(38-17-7-4-8-18-38)46-24-14-16-26-48(46)54;1-2-3-17-38-28-34-51-49(36-38)50-37-44(33-35-52(50)56(51)42-22-11-6-12-23-42)55(41-20-9-5-10-21-41)43-31-29-40(30-32-43)54-47-26-15-13-24-45(47)53(39-18-7-4-8-19-39)46-25-14-16-27-48(46)54/h4-37H,3H2,1-2H3;4-16,18-37H,2-3,17H2,1H3. The number of rotatable bonds is 17. The Bertz CT molecular complexity index is 6700. The Labute approximate surface area is 655 Å². The zero-order chi connectivity index (χ0) is 75.0. The summed E-state index contributed by atoms with van der Waals surface area (Å²) in [5.74, 6) is 0.487. The summed E-state index contributed by atoms with van der Waals surface area (Å²) in [5.41, 5.74) is 26.7. The Morgan fingerprint density at radius 2 is 0.518 bits per heavy atom. The third-order valence-electron chi connectivity index (χ3n) is 23.0. The molecule has 2 heterocycles. The summed E-state index contributed by atoms with van der Waals surface area (Å²) in [6.07, 6.45) is 4.57. The number of fused-ring (bicyclic) bond motifs is 10. The van der Waals surface area contributed by atoms with Gasteiger partial charge in [0.2, 0.25) is 0 Å². The Kier molecular flexibility index (Phi) is 18.4. The van der Waals surface area contributed by atoms with E-state index in [1.165, 1.54) is 167 Å². The van der Waals surface area contributed by atoms with Crippen LogP contribution in [-0.2, 0) is 6.42 Å². The van der Waals surface area contributed by atoms with Crippen LogP contribution in [0, 0.1) is 0 Å². The highest BCUT2D eigenvalue weighted by Crippen LogP contribution is 2.49. The minimum Gasteiger partial charge on any atom is -0.310 e. The Morgan fingerprint density at radius 1 is 0.241 bits per heavy atom. The molecule has 1 unspecified atom stereocenters. The van der Waals surface area contributed by atoms with E-state index in [2.05, 4.69) is 440 Å². The van der Waals surface area contributed by atoms with Gasteiger partial charge in [-0.15, -0.1) is 0 Å². The maximum Gasteiger partial charge on any atom is 0.0542 e. The van der Waals surface area contributed by atoms with Crippen molar-refractivity contribution in [2.45, 2.75) is 52.4 Å². The van der Waals surface area contributed by atoms with Crippen LogP contribution in [0.4, 0.5) is 34.1 Å². The normalized spacial score (nSPS) is 11.8. The third-order valence-corrected chi connectivity index (χ3v) is 23.0. The van der Waals surface area contributed by atoms with Gasteiger partial charge in [0, 0.05) is 67.0 Å². The van der Waals surface area contributed by atoms with Gasteiger partial charge in [-0.3, -0.25) is 0 Å². The average molecular weight is 1440 g/mol. The van der Waals surface area contributed by atoms with Crippen LogP contribution in [0.15, 0.2) is 400 Å². The van der Waals surface area contributed by atoms with Gasteiger partial charge in [0.1, 0.15) is 0 Å². The fourth-order valence-electron chi connectivity index (χ4n) is 17.5. The monoisotopic (exact) mass is 1440 g/mol. The van der Waals surface area contributed by atoms with Crippen LogP contribution in [0.25, 0.3) is 143 Å². The Balaban J connectivity index is 0.000000151. The molecule has 0 radical (unpaired) electrons. The van der Waals surface area contributed by atoms with Gasteiger partial charge < -0.3 is 18.9 Å². The molecule has 4 heteroatoms. The molecule has 0 saturated heterocycles. The summed E-state index contributed by atoms with van der Waals surface area (Å²) in [7, 11) is 0. The molecular weight excluding hydrogens is 1350 g/mol. The lowest BCUT2D eigenvalue weighted by Gasteiger charge is -2.26. The number of benzene rings is 18. The molecule has 4 nitrogen and oxygen atoms in total. The van der Waals surface area contributed by atoms with Crippen molar-refractivity contribution < 1.29 is 0 Å². The predicted octanol–water partition coefficient (Wildman–Crippen LogP) is 30.6. The van der Waals surface area contributed by atoms with Crippen molar-refractivity contribution in [3.63, 3.8) is 0 Å². The molecule has 0 aliphatic rings. The first-order valence-electron chi connectivity index (χ1n) is 39.6. The van der Waals surface area contributed by atoms with Crippen LogP contribution in [-0.4, -0.2) is 9.13 Å². The van der Waals surface area contributed by atoms with E-state index in [4.69, 9.17) is 0 Å². The summed E-state index contributed by atoms with van der Waals surface area (Å²) in [6.45, 7) is 6.86. The molecule has 0 amide bonds. The highest BCUT2D eigenvalue weighted by molar-refractivity contribution is 6.23. The number of hydrogen-bond donors (Lipinski definition) is 0. The van der Waals surface area contributed by atoms with Crippen molar-refractivity contribution in [2.24, 2.45) is 0 Å². The first-order chi connectivity index (χ1) is 55.4. The highest BCUT2D eigenvalue weighted by Gasteiger charge is 2.24. The molecule has 0 aliphatic carbocycles. The summed E-state index contributed by atoms with van der Waals surface area (Å²) >= 11 is 0. The number of para-hydroxylation sites is 4. The van der Waals surface area contributed by atoms with Gasteiger partial charge in [-0.2, -0.15) is 0 Å². The topological polar surface area (TPSA) is 16.3 Å². The van der Waals surface area contributed by atoms with Gasteiger partial charge in [0.05, 0.1) is 22.1 Å². The minimum absolute atomic E-state index is 0.487. The fourth-order valence-corrected chi connectivity index (χ4v) is 17.5. The van der Waals surface area contributed by atoms with E-state index >= 15 is 0 Å². The van der Waals surface area contributed by atoms with Gasteiger partial charge in [0.25, 0.3) is 0 Å². The Hall–Kier alpha value is -13.8. The van der Waals surface area contributed by atoms with Crippen LogP contribution in [0.5, 0.6) is 0 Å². The number of hydrogen-bond acceptors (Lipinski definition) is 2. The van der Waals surface area contributed by atoms with Crippen molar-refractivity contribution in [1.29, 1.82) is 0 Å². The lowest BCUT2D eigenvalue weighted by Crippen LogP contribution is -2.09. The van der Waals surface area contributed by atoms with Gasteiger partial charge in [-0.05, 0) is 257 Å². The van der Waals surface area contributed by atoms with Crippen LogP contribution in [0.1, 0.15) is 57.1 Å². The summed E-state index contributed by atoms with van der Waals surface area (Å²) in [5, 5.41) is 15.2. The molecule has 0 spiro atoms. The van der Waals surface area contributed by atoms with Gasteiger partial charge >= 0.3 is 0 Å². The highest BCUT2D eigenvalue weighted by atomic mass is 15.1. The molecule has 2 aromatic heterocycles. The molecule has 20 aromatic rings. The Morgan fingerprint density at radius 3 is 0.866 bits per heavy atom. The summed E-state index contributed by atoms with van der Waals surface area (Å²) < 4.78 is 4.83. The summed E-state index contributed by atoms with van der Waals surface area (Å²) in [4.78, 5) is 4.78. The molecular formula is C108H84N4. The van der Waals surface area contributed by atoms with E-state index in [0.717, 1.165) is 47.0 Å². The van der Waals surface area contributed by atoms with E-state index in [1.54, 1.807) is 0 Å². The van der Waals surface area contributed by atoms with Crippen LogP contribution in [0.3, 0.4) is 0 Å². The summed E-state index contributed by atoms with van der Waals surface area (Å²) in [6, 6.07) is 147. The number of aromatic nitrogens is 2. The average Bonchev–Trinajstić information content (AvgIpc) is 1.44. The number of nitrogens with zero attached hydrogens (tertiary/aromatic N) is 4. The van der Waals surface area contributed by atoms with Crippen LogP contribution >= 0.6 is 0 Å². The second-order valence-electron chi connectivity index (χ2n) is 29.6. The molecule has 112 heavy (non-hydrogen) atoms. The first kappa shape index (κ1) is 68.7. The number of unbranched alkanes of at least 4 members (excludes halogenated alkanes) is 1. The van der Waals surface area contributed by atoms with E-state index in [-0.39, 0.29) is 0 Å². The van der Waals surface area contributed by atoms with E-state index < -0.39 is 0 Å².